The number of nitrogens with one attached hydrogen (secondary N) is 1. The number of H-pyrrole nitrogens is 1. The number of carbonyl (C=O) groups excluding carboxylic acids is 1. The van der Waals surface area contributed by atoms with E-state index in [1.54, 1.807) is 11.0 Å². The van der Waals surface area contributed by atoms with Crippen LogP contribution in [0.4, 0.5) is 4.79 Å². The first-order valence-electron chi connectivity index (χ1n) is 10.9. The van der Waals surface area contributed by atoms with Crippen molar-refractivity contribution >= 4 is 28.6 Å². The van der Waals surface area contributed by atoms with Crippen molar-refractivity contribution in [2.45, 2.75) is 18.8 Å². The number of fused-ring (bicyclic) bond motifs is 3. The average molecular weight is 469 g/mol. The van der Waals surface area contributed by atoms with Crippen LogP contribution in [-0.4, -0.2) is 55.2 Å². The molecule has 1 fully saturated rings. The van der Waals surface area contributed by atoms with Gasteiger partial charge < -0.3 is 23.9 Å². The Morgan fingerprint density at radius 2 is 2.00 bits per heavy atom. The first kappa shape index (κ1) is 21.8. The van der Waals surface area contributed by atoms with Crippen LogP contribution in [0.5, 0.6) is 5.75 Å². The highest BCUT2D eigenvalue weighted by Crippen LogP contribution is 2.39. The lowest BCUT2D eigenvalue weighted by Gasteiger charge is -2.35. The summed E-state index contributed by atoms with van der Waals surface area (Å²) in [7, 11) is 0. The van der Waals surface area contributed by atoms with Gasteiger partial charge in [0.15, 0.2) is 6.29 Å². The molecule has 1 unspecified atom stereocenters. The van der Waals surface area contributed by atoms with Gasteiger partial charge >= 0.3 is 6.09 Å². The van der Waals surface area contributed by atoms with E-state index in [0.717, 1.165) is 22.2 Å². The second kappa shape index (κ2) is 9.47. The maximum atomic E-state index is 12.9. The zero-order chi connectivity index (χ0) is 22.8. The van der Waals surface area contributed by atoms with Gasteiger partial charge in [0.2, 0.25) is 0 Å². The van der Waals surface area contributed by atoms with Crippen molar-refractivity contribution in [1.29, 1.82) is 0 Å². The fourth-order valence-electron chi connectivity index (χ4n) is 4.43. The van der Waals surface area contributed by atoms with Crippen molar-refractivity contribution in [2.24, 2.45) is 0 Å². The van der Waals surface area contributed by atoms with E-state index < -0.39 is 0 Å². The molecule has 2 aliphatic heterocycles. The van der Waals surface area contributed by atoms with Gasteiger partial charge in [0.05, 0.1) is 13.2 Å². The van der Waals surface area contributed by atoms with Crippen LogP contribution in [0.2, 0.25) is 5.02 Å². The number of halogens is 1. The number of carbonyl (C=O) groups is 1. The molecule has 1 aromatic heterocycles. The Labute approximate surface area is 196 Å². The Hall–Kier alpha value is -3.00. The van der Waals surface area contributed by atoms with Gasteiger partial charge in [0.25, 0.3) is 0 Å². The lowest BCUT2D eigenvalue weighted by molar-refractivity contribution is -0.0684. The Bertz CT molecular complexity index is 1150. The van der Waals surface area contributed by atoms with Crippen molar-refractivity contribution in [2.75, 3.05) is 33.0 Å². The van der Waals surface area contributed by atoms with Crippen LogP contribution < -0.4 is 4.74 Å². The van der Waals surface area contributed by atoms with Gasteiger partial charge in [-0.2, -0.15) is 0 Å². The van der Waals surface area contributed by atoms with E-state index in [1.165, 1.54) is 5.56 Å². The predicted molar refractivity (Wildman–Crippen MR) is 125 cm³/mol. The minimum atomic E-state index is -0.377. The molecule has 2 aliphatic rings. The van der Waals surface area contributed by atoms with Crippen LogP contribution >= 0.6 is 11.6 Å². The average Bonchev–Trinajstić information content (AvgIpc) is 3.48. The number of aromatic amines is 1. The van der Waals surface area contributed by atoms with Crippen LogP contribution in [0.3, 0.4) is 0 Å². The summed E-state index contributed by atoms with van der Waals surface area (Å²) in [6.45, 7) is 5.83. The van der Waals surface area contributed by atoms with E-state index in [4.69, 9.17) is 30.5 Å². The fourth-order valence-corrected chi connectivity index (χ4v) is 4.60. The van der Waals surface area contributed by atoms with E-state index in [0.29, 0.717) is 43.6 Å². The molecule has 7 nitrogen and oxygen atoms in total. The topological polar surface area (TPSA) is 73.0 Å². The third-order valence-electron chi connectivity index (χ3n) is 5.92. The number of ether oxygens (including phenoxy) is 4. The summed E-state index contributed by atoms with van der Waals surface area (Å²) in [4.78, 5) is 18.2. The molecule has 0 aliphatic carbocycles. The number of rotatable bonds is 6. The summed E-state index contributed by atoms with van der Waals surface area (Å²) in [5.74, 6) is 0.707. The number of aromatic nitrogens is 1. The highest BCUT2D eigenvalue weighted by atomic mass is 35.5. The monoisotopic (exact) mass is 468 g/mol. The second-order valence-electron chi connectivity index (χ2n) is 7.97. The molecule has 8 heteroatoms. The molecule has 0 bridgehead atoms. The maximum absolute atomic E-state index is 12.9. The molecule has 3 aromatic rings. The van der Waals surface area contributed by atoms with E-state index in [9.17, 15) is 4.79 Å². The summed E-state index contributed by atoms with van der Waals surface area (Å²) in [6, 6.07) is 13.2. The molecule has 0 spiro atoms. The Morgan fingerprint density at radius 3 is 2.76 bits per heavy atom. The predicted octanol–water partition coefficient (Wildman–Crippen LogP) is 4.84. The second-order valence-corrected chi connectivity index (χ2v) is 8.41. The van der Waals surface area contributed by atoms with Crippen molar-refractivity contribution in [3.63, 3.8) is 0 Å². The number of amides is 1. The highest BCUT2D eigenvalue weighted by molar-refractivity contribution is 6.31. The molecular weight excluding hydrogens is 444 g/mol. The minimum absolute atomic E-state index is 0.162. The standard InChI is InChI=1S/C25H25ClN2O5/c1-2-11-32-25(29)28-10-9-19-20-14-17(26)5-8-21(20)27-23(19)24(28)16-3-6-18(7-4-16)33-15-22-30-12-13-31-22/h2-8,14,22,24,27H,1,9-13,15H2. The van der Waals surface area contributed by atoms with Gasteiger partial charge in [-0.1, -0.05) is 36.4 Å². The van der Waals surface area contributed by atoms with E-state index >= 15 is 0 Å². The zero-order valence-corrected chi connectivity index (χ0v) is 18.8. The maximum Gasteiger partial charge on any atom is 0.410 e. The molecule has 1 atom stereocenters. The van der Waals surface area contributed by atoms with Crippen molar-refractivity contribution in [1.82, 2.24) is 9.88 Å². The molecule has 172 valence electrons. The SMILES string of the molecule is C=CCOC(=O)N1CCc2c([nH]c3ccc(Cl)cc23)C1c1ccc(OCC2OCCO2)cc1. The van der Waals surface area contributed by atoms with E-state index in [-0.39, 0.29) is 25.0 Å². The molecule has 33 heavy (non-hydrogen) atoms. The fraction of sp³-hybridized carbons (Fsp3) is 0.320. The van der Waals surface area contributed by atoms with Gasteiger partial charge in [0.1, 0.15) is 25.0 Å². The number of nitrogens with zero attached hydrogens (tertiary/aromatic N) is 1. The summed E-state index contributed by atoms with van der Waals surface area (Å²) in [6.07, 6.45) is 1.56. The van der Waals surface area contributed by atoms with Crippen LogP contribution in [-0.2, 0) is 20.6 Å². The first-order chi connectivity index (χ1) is 16.1. The van der Waals surface area contributed by atoms with Gasteiger partial charge in [-0.25, -0.2) is 4.79 Å². The summed E-state index contributed by atoms with van der Waals surface area (Å²) < 4.78 is 22.0. The molecule has 1 saturated heterocycles. The number of hydrogen-bond donors (Lipinski definition) is 1. The smallest absolute Gasteiger partial charge is 0.410 e. The third-order valence-corrected chi connectivity index (χ3v) is 6.16. The van der Waals surface area contributed by atoms with E-state index in [2.05, 4.69) is 11.6 Å². The van der Waals surface area contributed by atoms with Gasteiger partial charge in [0, 0.05) is 28.2 Å². The summed E-state index contributed by atoms with van der Waals surface area (Å²) in [5.41, 5.74) is 4.08. The number of hydrogen-bond acceptors (Lipinski definition) is 5. The minimum Gasteiger partial charge on any atom is -0.488 e. The van der Waals surface area contributed by atoms with Crippen LogP contribution in [0.25, 0.3) is 10.9 Å². The molecular formula is C25H25ClN2O5. The molecule has 2 aromatic carbocycles. The third kappa shape index (κ3) is 4.44. The summed E-state index contributed by atoms with van der Waals surface area (Å²) >= 11 is 6.26. The van der Waals surface area contributed by atoms with Gasteiger partial charge in [-0.05, 0) is 47.9 Å². The Kier molecular flexibility index (Phi) is 6.26. The lowest BCUT2D eigenvalue weighted by atomic mass is 9.92. The largest absolute Gasteiger partial charge is 0.488 e. The van der Waals surface area contributed by atoms with Crippen LogP contribution in [0.1, 0.15) is 22.9 Å². The van der Waals surface area contributed by atoms with Crippen LogP contribution in [0, 0.1) is 0 Å². The first-order valence-corrected chi connectivity index (χ1v) is 11.3. The molecule has 5 rings (SSSR count). The Balaban J connectivity index is 1.46. The number of benzene rings is 2. The molecule has 0 saturated carbocycles. The normalized spacial score (nSPS) is 18.3. The Morgan fingerprint density at radius 1 is 1.21 bits per heavy atom. The van der Waals surface area contributed by atoms with Crippen molar-refractivity contribution < 1.29 is 23.7 Å². The van der Waals surface area contributed by atoms with Crippen molar-refractivity contribution in [3.8, 4) is 5.75 Å². The van der Waals surface area contributed by atoms with Crippen LogP contribution in [0.15, 0.2) is 55.1 Å². The molecule has 1 N–H and O–H groups in total. The molecule has 1 amide bonds. The quantitative estimate of drug-likeness (QED) is 0.524. The molecule has 0 radical (unpaired) electrons. The highest BCUT2D eigenvalue weighted by Gasteiger charge is 2.35. The summed E-state index contributed by atoms with van der Waals surface area (Å²) in [5, 5.41) is 1.77. The van der Waals surface area contributed by atoms with Gasteiger partial charge in [-0.3, -0.25) is 4.90 Å². The van der Waals surface area contributed by atoms with E-state index in [1.807, 2.05) is 42.5 Å². The zero-order valence-electron chi connectivity index (χ0n) is 18.1. The molecule has 3 heterocycles. The lowest BCUT2D eigenvalue weighted by Crippen LogP contribution is -2.41. The van der Waals surface area contributed by atoms with Gasteiger partial charge in [-0.15, -0.1) is 0 Å². The van der Waals surface area contributed by atoms with Crippen molar-refractivity contribution in [3.05, 3.63) is 77.0 Å².